The van der Waals surface area contributed by atoms with Crippen molar-refractivity contribution in [3.05, 3.63) is 63.7 Å². The number of carbonyl (C=O) groups excluding carboxylic acids is 1. The molecule has 2 rings (SSSR count). The molecule has 0 saturated carbocycles. The van der Waals surface area contributed by atoms with Crippen LogP contribution in [0.2, 0.25) is 0 Å². The molecular weight excluding hydrogens is 370 g/mol. The SMILES string of the molecule is CCCCNC(=O)c1ccc(NS(=O)(=O)c2ccc(C)c([N+](=O)[O-])c2)cc1. The molecule has 8 nitrogen and oxygen atoms in total. The lowest BCUT2D eigenvalue weighted by Crippen LogP contribution is -2.24. The van der Waals surface area contributed by atoms with Gasteiger partial charge in [-0.25, -0.2) is 8.42 Å². The predicted molar refractivity (Wildman–Crippen MR) is 102 cm³/mol. The Labute approximate surface area is 157 Å². The van der Waals surface area contributed by atoms with Crippen molar-refractivity contribution in [2.45, 2.75) is 31.6 Å². The van der Waals surface area contributed by atoms with Gasteiger partial charge < -0.3 is 5.32 Å². The van der Waals surface area contributed by atoms with Crippen molar-refractivity contribution in [1.29, 1.82) is 0 Å². The van der Waals surface area contributed by atoms with Crippen LogP contribution >= 0.6 is 0 Å². The molecule has 0 atom stereocenters. The zero-order valence-electron chi connectivity index (χ0n) is 15.1. The molecule has 0 aromatic heterocycles. The van der Waals surface area contributed by atoms with E-state index >= 15 is 0 Å². The van der Waals surface area contributed by atoms with Gasteiger partial charge in [0.2, 0.25) is 0 Å². The molecule has 0 fully saturated rings. The Morgan fingerprint density at radius 3 is 2.41 bits per heavy atom. The molecule has 2 aromatic rings. The number of nitrogens with zero attached hydrogens (tertiary/aromatic N) is 1. The molecular formula is C18H21N3O5S. The van der Waals surface area contributed by atoms with E-state index < -0.39 is 14.9 Å². The highest BCUT2D eigenvalue weighted by atomic mass is 32.2. The maximum absolute atomic E-state index is 12.5. The number of rotatable bonds is 8. The van der Waals surface area contributed by atoms with E-state index in [1.807, 2.05) is 6.92 Å². The molecule has 0 bridgehead atoms. The van der Waals surface area contributed by atoms with Crippen LogP contribution in [0.15, 0.2) is 47.4 Å². The quantitative estimate of drug-likeness (QED) is 0.407. The van der Waals surface area contributed by atoms with Gasteiger partial charge in [0.1, 0.15) is 0 Å². The molecule has 2 aromatic carbocycles. The Balaban J connectivity index is 2.15. The van der Waals surface area contributed by atoms with E-state index in [2.05, 4.69) is 10.0 Å². The minimum absolute atomic E-state index is 0.207. The van der Waals surface area contributed by atoms with Crippen LogP contribution in [0.4, 0.5) is 11.4 Å². The third-order valence-corrected chi connectivity index (χ3v) is 5.28. The minimum Gasteiger partial charge on any atom is -0.352 e. The van der Waals surface area contributed by atoms with Crippen LogP contribution in [0.5, 0.6) is 0 Å². The molecule has 1 amide bonds. The third kappa shape index (κ3) is 5.27. The summed E-state index contributed by atoms with van der Waals surface area (Å²) in [6.07, 6.45) is 1.85. The number of nitro benzene ring substituents is 1. The molecule has 0 aliphatic heterocycles. The smallest absolute Gasteiger partial charge is 0.273 e. The highest BCUT2D eigenvalue weighted by Crippen LogP contribution is 2.24. The van der Waals surface area contributed by atoms with E-state index in [0.717, 1.165) is 18.9 Å². The second-order valence-electron chi connectivity index (χ2n) is 6.00. The van der Waals surface area contributed by atoms with E-state index in [4.69, 9.17) is 0 Å². The molecule has 0 aliphatic carbocycles. The van der Waals surface area contributed by atoms with Gasteiger partial charge >= 0.3 is 0 Å². The fourth-order valence-electron chi connectivity index (χ4n) is 2.34. The number of sulfonamides is 1. The van der Waals surface area contributed by atoms with Crippen LogP contribution in [0.25, 0.3) is 0 Å². The predicted octanol–water partition coefficient (Wildman–Crippen LogP) is 3.23. The summed E-state index contributed by atoms with van der Waals surface area (Å²) >= 11 is 0. The summed E-state index contributed by atoms with van der Waals surface area (Å²) in [4.78, 5) is 22.1. The number of benzene rings is 2. The van der Waals surface area contributed by atoms with Crippen molar-refractivity contribution in [1.82, 2.24) is 5.32 Å². The Hall–Kier alpha value is -2.94. The van der Waals surface area contributed by atoms with Crippen molar-refractivity contribution < 1.29 is 18.1 Å². The molecule has 0 spiro atoms. The molecule has 0 unspecified atom stereocenters. The molecule has 9 heteroatoms. The first kappa shape index (κ1) is 20.4. The number of unbranched alkanes of at least 4 members (excludes halogenated alkanes) is 1. The molecule has 0 aliphatic rings. The van der Waals surface area contributed by atoms with Gasteiger partial charge in [-0.1, -0.05) is 19.4 Å². The average molecular weight is 391 g/mol. The Bertz CT molecular complexity index is 940. The molecule has 144 valence electrons. The number of carbonyl (C=O) groups is 1. The van der Waals surface area contributed by atoms with Crippen LogP contribution in [0, 0.1) is 17.0 Å². The zero-order valence-corrected chi connectivity index (χ0v) is 15.9. The summed E-state index contributed by atoms with van der Waals surface area (Å²) in [6, 6.07) is 9.67. The van der Waals surface area contributed by atoms with Crippen LogP contribution in [0.3, 0.4) is 0 Å². The van der Waals surface area contributed by atoms with Crippen LogP contribution in [-0.4, -0.2) is 25.8 Å². The molecule has 27 heavy (non-hydrogen) atoms. The number of aryl methyl sites for hydroxylation is 1. The maximum Gasteiger partial charge on any atom is 0.273 e. The topological polar surface area (TPSA) is 118 Å². The highest BCUT2D eigenvalue weighted by molar-refractivity contribution is 7.92. The summed E-state index contributed by atoms with van der Waals surface area (Å²) in [7, 11) is -3.99. The number of amides is 1. The van der Waals surface area contributed by atoms with Crippen molar-refractivity contribution in [3.8, 4) is 0 Å². The van der Waals surface area contributed by atoms with Crippen molar-refractivity contribution in [2.24, 2.45) is 0 Å². The first-order valence-electron chi connectivity index (χ1n) is 8.40. The highest BCUT2D eigenvalue weighted by Gasteiger charge is 2.20. The number of hydrogen-bond donors (Lipinski definition) is 2. The average Bonchev–Trinajstić information content (AvgIpc) is 2.62. The van der Waals surface area contributed by atoms with E-state index in [0.29, 0.717) is 17.7 Å². The normalized spacial score (nSPS) is 11.0. The number of nitrogens with one attached hydrogen (secondary N) is 2. The number of hydrogen-bond acceptors (Lipinski definition) is 5. The number of anilines is 1. The Morgan fingerprint density at radius 1 is 1.15 bits per heavy atom. The summed E-state index contributed by atoms with van der Waals surface area (Å²) in [5, 5.41) is 13.8. The lowest BCUT2D eigenvalue weighted by atomic mass is 10.2. The van der Waals surface area contributed by atoms with Gasteiger partial charge in [0.05, 0.1) is 9.82 Å². The summed E-state index contributed by atoms with van der Waals surface area (Å²) < 4.78 is 27.3. The van der Waals surface area contributed by atoms with Gasteiger partial charge in [-0.05, 0) is 43.7 Å². The van der Waals surface area contributed by atoms with Crippen molar-refractivity contribution >= 4 is 27.3 Å². The van der Waals surface area contributed by atoms with Gasteiger partial charge in [-0.2, -0.15) is 0 Å². The van der Waals surface area contributed by atoms with Gasteiger partial charge in [0.25, 0.3) is 21.6 Å². The molecule has 0 heterocycles. The zero-order chi connectivity index (χ0) is 20.0. The Kier molecular flexibility index (Phi) is 6.51. The fraction of sp³-hybridized carbons (Fsp3) is 0.278. The largest absolute Gasteiger partial charge is 0.352 e. The van der Waals surface area contributed by atoms with E-state index in [1.54, 1.807) is 0 Å². The van der Waals surface area contributed by atoms with Crippen molar-refractivity contribution in [3.63, 3.8) is 0 Å². The third-order valence-electron chi connectivity index (χ3n) is 3.90. The monoisotopic (exact) mass is 391 g/mol. The van der Waals surface area contributed by atoms with Crippen LogP contribution < -0.4 is 10.0 Å². The summed E-state index contributed by atoms with van der Waals surface area (Å²) in [5.41, 5.74) is 0.776. The summed E-state index contributed by atoms with van der Waals surface area (Å²) in [5.74, 6) is -0.230. The fourth-order valence-corrected chi connectivity index (χ4v) is 3.42. The van der Waals surface area contributed by atoms with Crippen molar-refractivity contribution in [2.75, 3.05) is 11.3 Å². The van der Waals surface area contributed by atoms with E-state index in [1.165, 1.54) is 43.3 Å². The lowest BCUT2D eigenvalue weighted by Gasteiger charge is -2.10. The molecule has 0 saturated heterocycles. The first-order chi connectivity index (χ1) is 12.7. The van der Waals surface area contributed by atoms with Gasteiger partial charge in [0.15, 0.2) is 0 Å². The van der Waals surface area contributed by atoms with E-state index in [-0.39, 0.29) is 22.2 Å². The molecule has 0 radical (unpaired) electrons. The van der Waals surface area contributed by atoms with Gasteiger partial charge in [-0.15, -0.1) is 0 Å². The summed E-state index contributed by atoms with van der Waals surface area (Å²) in [6.45, 7) is 4.14. The van der Waals surface area contributed by atoms with E-state index in [9.17, 15) is 23.3 Å². The maximum atomic E-state index is 12.5. The Morgan fingerprint density at radius 2 is 1.81 bits per heavy atom. The standard InChI is InChI=1S/C18H21N3O5S/c1-3-4-11-19-18(22)14-6-8-15(9-7-14)20-27(25,26)16-10-5-13(2)17(12-16)21(23)24/h5-10,12,20H,3-4,11H2,1-2H3,(H,19,22). The second kappa shape index (κ2) is 8.63. The van der Waals surface area contributed by atoms with Crippen LogP contribution in [-0.2, 0) is 10.0 Å². The van der Waals surface area contributed by atoms with Gasteiger partial charge in [-0.3, -0.25) is 19.6 Å². The first-order valence-corrected chi connectivity index (χ1v) is 9.89. The lowest BCUT2D eigenvalue weighted by molar-refractivity contribution is -0.385. The minimum atomic E-state index is -3.99. The van der Waals surface area contributed by atoms with Crippen LogP contribution in [0.1, 0.15) is 35.7 Å². The molecule has 2 N–H and O–H groups in total. The van der Waals surface area contributed by atoms with Gasteiger partial charge in [0, 0.05) is 29.4 Å². The second-order valence-corrected chi connectivity index (χ2v) is 7.68. The number of nitro groups is 1.